The molecule has 3 N–H and O–H groups in total. The van der Waals surface area contributed by atoms with Gasteiger partial charge in [-0.05, 0) is 38.6 Å². The first kappa shape index (κ1) is 22.6. The first-order valence-electron chi connectivity index (χ1n) is 7.94. The van der Waals surface area contributed by atoms with Crippen LogP contribution in [0.15, 0.2) is 0 Å². The highest BCUT2D eigenvalue weighted by molar-refractivity contribution is 7.11. The van der Waals surface area contributed by atoms with E-state index in [4.69, 9.17) is 5.73 Å². The summed E-state index contributed by atoms with van der Waals surface area (Å²) in [5, 5.41) is 4.15. The largest absolute Gasteiger partial charge is 0.356 e. The van der Waals surface area contributed by atoms with E-state index in [1.54, 1.807) is 11.3 Å². The predicted octanol–water partition coefficient (Wildman–Crippen LogP) is 3.56. The molecule has 1 aromatic heterocycles. The number of rotatable bonds is 6. The standard InChI is InChI=1S/C16H27N3OS.2ClH/c1-12-13(2)21-15(19-12)6-9-18-14(20)10-16(11-17)7-4-3-5-8-16;;/h3-11,17H2,1-2H3,(H,18,20);2*1H. The third-order valence-corrected chi connectivity index (χ3v) is 5.75. The second-order valence-corrected chi connectivity index (χ2v) is 7.58. The van der Waals surface area contributed by atoms with Gasteiger partial charge in [-0.25, -0.2) is 4.98 Å². The van der Waals surface area contributed by atoms with Crippen molar-refractivity contribution in [2.75, 3.05) is 13.1 Å². The Balaban J connectivity index is 0.00000242. The summed E-state index contributed by atoms with van der Waals surface area (Å²) in [4.78, 5) is 17.9. The quantitative estimate of drug-likeness (QED) is 0.791. The highest BCUT2D eigenvalue weighted by atomic mass is 35.5. The molecule has 23 heavy (non-hydrogen) atoms. The van der Waals surface area contributed by atoms with Gasteiger partial charge in [0.1, 0.15) is 0 Å². The van der Waals surface area contributed by atoms with E-state index in [2.05, 4.69) is 17.2 Å². The number of carbonyl (C=O) groups excluding carboxylic acids is 1. The molecule has 1 amide bonds. The minimum absolute atomic E-state index is 0. The van der Waals surface area contributed by atoms with Gasteiger partial charge in [0.05, 0.1) is 10.7 Å². The Morgan fingerprint density at radius 2 is 1.91 bits per heavy atom. The van der Waals surface area contributed by atoms with Crippen LogP contribution in [0.1, 0.15) is 54.1 Å². The second kappa shape index (κ2) is 10.5. The summed E-state index contributed by atoms with van der Waals surface area (Å²) in [5.74, 6) is 0.146. The molecular weight excluding hydrogens is 353 g/mol. The van der Waals surface area contributed by atoms with E-state index < -0.39 is 0 Å². The molecule has 1 aromatic rings. The number of aryl methyl sites for hydroxylation is 2. The number of nitrogens with zero attached hydrogens (tertiary/aromatic N) is 1. The number of halogens is 2. The van der Waals surface area contributed by atoms with E-state index >= 15 is 0 Å². The van der Waals surface area contributed by atoms with Gasteiger partial charge in [-0.3, -0.25) is 4.79 Å². The third-order valence-electron chi connectivity index (χ3n) is 4.62. The van der Waals surface area contributed by atoms with Crippen LogP contribution in [-0.2, 0) is 11.2 Å². The first-order valence-corrected chi connectivity index (χ1v) is 8.76. The Morgan fingerprint density at radius 3 is 2.43 bits per heavy atom. The van der Waals surface area contributed by atoms with Crippen molar-refractivity contribution in [1.29, 1.82) is 0 Å². The Hall–Kier alpha value is -0.360. The summed E-state index contributed by atoms with van der Waals surface area (Å²) in [5.41, 5.74) is 7.09. The van der Waals surface area contributed by atoms with Crippen molar-refractivity contribution < 1.29 is 4.79 Å². The van der Waals surface area contributed by atoms with Crippen molar-refractivity contribution in [3.05, 3.63) is 15.6 Å². The van der Waals surface area contributed by atoms with Gasteiger partial charge in [-0.2, -0.15) is 0 Å². The van der Waals surface area contributed by atoms with E-state index in [0.717, 1.165) is 30.0 Å². The van der Waals surface area contributed by atoms with Crippen molar-refractivity contribution in [2.24, 2.45) is 11.1 Å². The number of thiazole rings is 1. The van der Waals surface area contributed by atoms with Crippen molar-refractivity contribution in [2.45, 2.75) is 58.8 Å². The highest BCUT2D eigenvalue weighted by Crippen LogP contribution is 2.38. The molecule has 1 heterocycles. The fourth-order valence-corrected chi connectivity index (χ4v) is 4.05. The SMILES string of the molecule is Cc1nc(CCNC(=O)CC2(CN)CCCCC2)sc1C.Cl.Cl. The number of aromatic nitrogens is 1. The molecule has 1 saturated carbocycles. The minimum Gasteiger partial charge on any atom is -0.356 e. The second-order valence-electron chi connectivity index (χ2n) is 6.29. The summed E-state index contributed by atoms with van der Waals surface area (Å²) >= 11 is 1.72. The lowest BCUT2D eigenvalue weighted by Crippen LogP contribution is -2.39. The van der Waals surface area contributed by atoms with E-state index in [-0.39, 0.29) is 36.1 Å². The number of nitrogens with two attached hydrogens (primary N) is 1. The van der Waals surface area contributed by atoms with Gasteiger partial charge in [0.15, 0.2) is 0 Å². The number of amides is 1. The maximum Gasteiger partial charge on any atom is 0.220 e. The molecule has 1 aliphatic carbocycles. The van der Waals surface area contributed by atoms with Gasteiger partial charge >= 0.3 is 0 Å². The Kier molecular flexibility index (Phi) is 10.3. The van der Waals surface area contributed by atoms with Crippen LogP contribution in [0.2, 0.25) is 0 Å². The highest BCUT2D eigenvalue weighted by Gasteiger charge is 2.32. The smallest absolute Gasteiger partial charge is 0.220 e. The summed E-state index contributed by atoms with van der Waals surface area (Å²) in [6, 6.07) is 0. The van der Waals surface area contributed by atoms with Crippen molar-refractivity contribution in [3.63, 3.8) is 0 Å². The summed E-state index contributed by atoms with van der Waals surface area (Å²) < 4.78 is 0. The van der Waals surface area contributed by atoms with E-state index in [0.29, 0.717) is 19.5 Å². The molecule has 0 atom stereocenters. The topological polar surface area (TPSA) is 68.0 Å². The molecule has 134 valence electrons. The van der Waals surface area contributed by atoms with Gasteiger partial charge in [0, 0.05) is 24.3 Å². The van der Waals surface area contributed by atoms with Gasteiger partial charge < -0.3 is 11.1 Å². The van der Waals surface area contributed by atoms with Crippen LogP contribution in [-0.4, -0.2) is 24.0 Å². The van der Waals surface area contributed by atoms with Crippen LogP contribution in [0.3, 0.4) is 0 Å². The van der Waals surface area contributed by atoms with Crippen molar-refractivity contribution in [3.8, 4) is 0 Å². The lowest BCUT2D eigenvalue weighted by Gasteiger charge is -2.35. The number of hydrogen-bond donors (Lipinski definition) is 2. The van der Waals surface area contributed by atoms with E-state index in [1.165, 1.54) is 24.1 Å². The number of nitrogens with one attached hydrogen (secondary N) is 1. The maximum atomic E-state index is 12.2. The third kappa shape index (κ3) is 6.57. The Bertz CT molecular complexity index is 468. The summed E-state index contributed by atoms with van der Waals surface area (Å²) in [7, 11) is 0. The molecule has 4 nitrogen and oxygen atoms in total. The monoisotopic (exact) mass is 381 g/mol. The van der Waals surface area contributed by atoms with E-state index in [1.807, 2.05) is 6.92 Å². The van der Waals surface area contributed by atoms with Crippen molar-refractivity contribution >= 4 is 42.1 Å². The molecule has 0 radical (unpaired) electrons. The molecule has 7 heteroatoms. The Labute approximate surface area is 155 Å². The average Bonchev–Trinajstić information content (AvgIpc) is 2.78. The summed E-state index contributed by atoms with van der Waals surface area (Å²) in [6.07, 6.45) is 7.31. The zero-order chi connectivity index (χ0) is 15.3. The van der Waals surface area contributed by atoms with Crippen LogP contribution in [0, 0.1) is 19.3 Å². The van der Waals surface area contributed by atoms with Gasteiger partial charge in [0.2, 0.25) is 5.91 Å². The van der Waals surface area contributed by atoms with Crippen LogP contribution in [0.5, 0.6) is 0 Å². The number of hydrogen-bond acceptors (Lipinski definition) is 4. The van der Waals surface area contributed by atoms with Crippen molar-refractivity contribution in [1.82, 2.24) is 10.3 Å². The maximum absolute atomic E-state index is 12.2. The molecule has 1 fully saturated rings. The molecular formula is C16H29Cl2N3OS. The molecule has 0 aromatic carbocycles. The van der Waals surface area contributed by atoms with Gasteiger partial charge in [-0.15, -0.1) is 36.2 Å². The average molecular weight is 382 g/mol. The molecule has 0 spiro atoms. The fraction of sp³-hybridized carbons (Fsp3) is 0.750. The molecule has 0 bridgehead atoms. The van der Waals surface area contributed by atoms with Gasteiger partial charge in [0.25, 0.3) is 0 Å². The molecule has 0 unspecified atom stereocenters. The molecule has 2 rings (SSSR count). The van der Waals surface area contributed by atoms with Crippen LogP contribution < -0.4 is 11.1 Å². The normalized spacial score (nSPS) is 16.1. The van der Waals surface area contributed by atoms with Crippen LogP contribution in [0.25, 0.3) is 0 Å². The zero-order valence-corrected chi connectivity index (χ0v) is 16.5. The summed E-state index contributed by atoms with van der Waals surface area (Å²) in [6.45, 7) is 5.42. The molecule has 0 aliphatic heterocycles. The lowest BCUT2D eigenvalue weighted by atomic mass is 9.71. The van der Waals surface area contributed by atoms with Crippen LogP contribution in [0.4, 0.5) is 0 Å². The lowest BCUT2D eigenvalue weighted by molar-refractivity contribution is -0.123. The zero-order valence-electron chi connectivity index (χ0n) is 14.0. The Morgan fingerprint density at radius 1 is 1.26 bits per heavy atom. The van der Waals surface area contributed by atoms with Gasteiger partial charge in [-0.1, -0.05) is 19.3 Å². The minimum atomic E-state index is 0. The van der Waals surface area contributed by atoms with E-state index in [9.17, 15) is 4.79 Å². The van der Waals surface area contributed by atoms with Crippen LogP contribution >= 0.6 is 36.2 Å². The predicted molar refractivity (Wildman–Crippen MR) is 102 cm³/mol. The molecule has 0 saturated heterocycles. The molecule has 1 aliphatic rings. The number of carbonyl (C=O) groups is 1. The first-order chi connectivity index (χ1) is 10.0. The fourth-order valence-electron chi connectivity index (χ4n) is 3.11.